The van der Waals surface area contributed by atoms with E-state index >= 15 is 0 Å². The summed E-state index contributed by atoms with van der Waals surface area (Å²) in [7, 11) is 0. The first-order chi connectivity index (χ1) is 13.2. The quantitative estimate of drug-likeness (QED) is 0.371. The molecule has 0 fully saturated rings. The number of rotatable bonds is 7. The van der Waals surface area contributed by atoms with Gasteiger partial charge >= 0.3 is 0 Å². The Morgan fingerprint density at radius 3 is 1.41 bits per heavy atom. The van der Waals surface area contributed by atoms with Gasteiger partial charge in [-0.1, -0.05) is 105 Å². The van der Waals surface area contributed by atoms with Gasteiger partial charge in [0, 0.05) is 6.42 Å². The van der Waals surface area contributed by atoms with Crippen LogP contribution in [0.5, 0.6) is 0 Å². The third-order valence-corrected chi connectivity index (χ3v) is 4.93. The van der Waals surface area contributed by atoms with E-state index in [9.17, 15) is 0 Å². The molecule has 0 aliphatic carbocycles. The molecular weight excluding hydrogens is 328 g/mol. The summed E-state index contributed by atoms with van der Waals surface area (Å²) in [6, 6.07) is 31.3. The number of terminal acetylenes is 1. The molecule has 0 radical (unpaired) electrons. The van der Waals surface area contributed by atoms with Gasteiger partial charge < -0.3 is 4.74 Å². The molecule has 136 valence electrons. The summed E-state index contributed by atoms with van der Waals surface area (Å²) < 4.78 is 6.96. The fraction of sp³-hybridized carbons (Fsp3) is 0.231. The molecule has 3 aromatic rings. The molecule has 1 unspecified atom stereocenters. The van der Waals surface area contributed by atoms with E-state index in [1.54, 1.807) is 0 Å². The molecule has 0 spiro atoms. The van der Waals surface area contributed by atoms with Gasteiger partial charge in [-0.3, -0.25) is 0 Å². The van der Waals surface area contributed by atoms with Crippen LogP contribution in [0.3, 0.4) is 0 Å². The van der Waals surface area contributed by atoms with Gasteiger partial charge in [0.15, 0.2) is 0 Å². The minimum Gasteiger partial charge on any atom is -0.356 e. The Balaban J connectivity index is 2.27. The summed E-state index contributed by atoms with van der Waals surface area (Å²) in [6.45, 7) is 4.32. The second-order valence-corrected chi connectivity index (χ2v) is 7.09. The normalized spacial score (nSPS) is 12.5. The highest BCUT2D eigenvalue weighted by Gasteiger charge is 2.40. The predicted molar refractivity (Wildman–Crippen MR) is 112 cm³/mol. The smallest absolute Gasteiger partial charge is 0.144 e. The Bertz CT molecular complexity index is 764. The third kappa shape index (κ3) is 3.97. The fourth-order valence-electron chi connectivity index (χ4n) is 3.48. The van der Waals surface area contributed by atoms with Crippen LogP contribution in [0.15, 0.2) is 91.0 Å². The first kappa shape index (κ1) is 19.0. The molecule has 1 heteroatoms. The average molecular weight is 354 g/mol. The van der Waals surface area contributed by atoms with Crippen molar-refractivity contribution in [3.63, 3.8) is 0 Å². The summed E-state index contributed by atoms with van der Waals surface area (Å²) in [6.07, 6.45) is 6.19. The van der Waals surface area contributed by atoms with Crippen LogP contribution in [0.4, 0.5) is 0 Å². The molecule has 27 heavy (non-hydrogen) atoms. The largest absolute Gasteiger partial charge is 0.356 e. The standard InChI is InChI=1S/C26H26O/c1-4-14-25(21(2)3)27-26(22-15-8-5-9-16-22,23-17-10-6-11-18-23)24-19-12-7-13-20-24/h1,5-13,15-21,25H,14H2,2-3H3. The molecule has 0 N–H and O–H groups in total. The van der Waals surface area contributed by atoms with Crippen LogP contribution in [0.1, 0.15) is 37.0 Å². The SMILES string of the molecule is C#CCC(OC(c1ccccc1)(c1ccccc1)c1ccccc1)C(C)C. The number of benzene rings is 3. The summed E-state index contributed by atoms with van der Waals surface area (Å²) in [5.74, 6) is 3.10. The van der Waals surface area contributed by atoms with Crippen LogP contribution in [0, 0.1) is 18.3 Å². The van der Waals surface area contributed by atoms with Gasteiger partial charge in [0.25, 0.3) is 0 Å². The van der Waals surface area contributed by atoms with Crippen molar-refractivity contribution in [2.75, 3.05) is 0 Å². The van der Waals surface area contributed by atoms with Crippen molar-refractivity contribution >= 4 is 0 Å². The van der Waals surface area contributed by atoms with E-state index in [1.165, 1.54) is 0 Å². The second kappa shape index (κ2) is 8.71. The summed E-state index contributed by atoms with van der Waals surface area (Å²) in [5, 5.41) is 0. The third-order valence-electron chi connectivity index (χ3n) is 4.93. The molecule has 0 aromatic heterocycles. The predicted octanol–water partition coefficient (Wildman–Crippen LogP) is 6.04. The Morgan fingerprint density at radius 2 is 1.11 bits per heavy atom. The lowest BCUT2D eigenvalue weighted by atomic mass is 9.79. The maximum absolute atomic E-state index is 6.96. The van der Waals surface area contributed by atoms with Gasteiger partial charge in [-0.2, -0.15) is 0 Å². The van der Waals surface area contributed by atoms with E-state index in [0.29, 0.717) is 12.3 Å². The minimum atomic E-state index is -0.713. The zero-order valence-corrected chi connectivity index (χ0v) is 16.0. The summed E-state index contributed by atoms with van der Waals surface area (Å²) >= 11 is 0. The molecule has 0 heterocycles. The van der Waals surface area contributed by atoms with Gasteiger partial charge in [-0.25, -0.2) is 0 Å². The molecule has 3 aromatic carbocycles. The van der Waals surface area contributed by atoms with E-state index in [-0.39, 0.29) is 6.10 Å². The minimum absolute atomic E-state index is 0.0596. The zero-order chi connectivity index (χ0) is 19.1. The van der Waals surface area contributed by atoms with Crippen LogP contribution in [-0.2, 0) is 10.3 Å². The van der Waals surface area contributed by atoms with Crippen LogP contribution in [0.2, 0.25) is 0 Å². The van der Waals surface area contributed by atoms with E-state index in [2.05, 4.69) is 92.6 Å². The van der Waals surface area contributed by atoms with Crippen molar-refractivity contribution in [2.45, 2.75) is 32.0 Å². The maximum atomic E-state index is 6.96. The number of ether oxygens (including phenoxy) is 1. The highest BCUT2D eigenvalue weighted by atomic mass is 16.5. The lowest BCUT2D eigenvalue weighted by Crippen LogP contribution is -2.38. The second-order valence-electron chi connectivity index (χ2n) is 7.09. The highest BCUT2D eigenvalue weighted by Crippen LogP contribution is 2.42. The fourth-order valence-corrected chi connectivity index (χ4v) is 3.48. The van der Waals surface area contributed by atoms with E-state index in [4.69, 9.17) is 11.2 Å². The van der Waals surface area contributed by atoms with E-state index in [0.717, 1.165) is 16.7 Å². The Hall–Kier alpha value is -2.82. The Kier molecular flexibility index (Phi) is 6.12. The first-order valence-corrected chi connectivity index (χ1v) is 9.46. The van der Waals surface area contributed by atoms with Crippen molar-refractivity contribution < 1.29 is 4.74 Å². The van der Waals surface area contributed by atoms with Gasteiger partial charge in [0.05, 0.1) is 6.10 Å². The molecule has 3 rings (SSSR count). The van der Waals surface area contributed by atoms with E-state index in [1.807, 2.05) is 18.2 Å². The molecule has 0 aliphatic heterocycles. The number of hydrogen-bond donors (Lipinski definition) is 0. The first-order valence-electron chi connectivity index (χ1n) is 9.46. The molecule has 1 nitrogen and oxygen atoms in total. The van der Waals surface area contributed by atoms with Gasteiger partial charge in [-0.15, -0.1) is 12.3 Å². The van der Waals surface area contributed by atoms with Gasteiger partial charge in [-0.05, 0) is 22.6 Å². The molecule has 0 amide bonds. The zero-order valence-electron chi connectivity index (χ0n) is 16.0. The van der Waals surface area contributed by atoms with Crippen molar-refractivity contribution in [1.29, 1.82) is 0 Å². The van der Waals surface area contributed by atoms with Gasteiger partial charge in [0.2, 0.25) is 0 Å². The van der Waals surface area contributed by atoms with Crippen molar-refractivity contribution in [2.24, 2.45) is 5.92 Å². The highest BCUT2D eigenvalue weighted by molar-refractivity contribution is 5.47. The summed E-state index contributed by atoms with van der Waals surface area (Å²) in [5.41, 5.74) is 2.59. The van der Waals surface area contributed by atoms with E-state index < -0.39 is 5.60 Å². The van der Waals surface area contributed by atoms with Crippen LogP contribution in [0.25, 0.3) is 0 Å². The molecule has 0 saturated carbocycles. The average Bonchev–Trinajstić information content (AvgIpc) is 2.73. The Morgan fingerprint density at radius 1 is 0.741 bits per heavy atom. The lowest BCUT2D eigenvalue weighted by molar-refractivity contribution is -0.0654. The molecule has 0 aliphatic rings. The summed E-state index contributed by atoms with van der Waals surface area (Å²) in [4.78, 5) is 0. The maximum Gasteiger partial charge on any atom is 0.144 e. The molecular formula is C26H26O. The Labute approximate surface area is 163 Å². The van der Waals surface area contributed by atoms with Crippen LogP contribution < -0.4 is 0 Å². The van der Waals surface area contributed by atoms with Crippen molar-refractivity contribution in [3.05, 3.63) is 108 Å². The molecule has 0 saturated heterocycles. The van der Waals surface area contributed by atoms with Crippen molar-refractivity contribution in [3.8, 4) is 12.3 Å². The van der Waals surface area contributed by atoms with Crippen molar-refractivity contribution in [1.82, 2.24) is 0 Å². The monoisotopic (exact) mass is 354 g/mol. The van der Waals surface area contributed by atoms with Crippen LogP contribution >= 0.6 is 0 Å². The number of hydrogen-bond acceptors (Lipinski definition) is 1. The molecule has 1 atom stereocenters. The lowest BCUT2D eigenvalue weighted by Gasteiger charge is -2.39. The van der Waals surface area contributed by atoms with Gasteiger partial charge in [0.1, 0.15) is 5.60 Å². The molecule has 0 bridgehead atoms. The topological polar surface area (TPSA) is 9.23 Å². The van der Waals surface area contributed by atoms with Crippen LogP contribution in [-0.4, -0.2) is 6.10 Å².